The van der Waals surface area contributed by atoms with Crippen molar-refractivity contribution in [3.05, 3.63) is 0 Å². The Hall–Kier alpha value is -0.620. The maximum atomic E-state index is 12.0. The lowest BCUT2D eigenvalue weighted by Gasteiger charge is -2.29. The molecule has 1 saturated carbocycles. The van der Waals surface area contributed by atoms with Crippen molar-refractivity contribution in [3.63, 3.8) is 0 Å². The predicted molar refractivity (Wildman–Crippen MR) is 55.3 cm³/mol. The molecular weight excluding hydrogens is 216 g/mol. The zero-order valence-electron chi connectivity index (χ0n) is 8.82. The highest BCUT2D eigenvalue weighted by molar-refractivity contribution is 7.88. The van der Waals surface area contributed by atoms with E-state index in [-0.39, 0.29) is 12.5 Å². The third-order valence-corrected chi connectivity index (χ3v) is 4.90. The van der Waals surface area contributed by atoms with Crippen molar-refractivity contribution < 1.29 is 13.2 Å². The van der Waals surface area contributed by atoms with E-state index >= 15 is 0 Å². The van der Waals surface area contributed by atoms with E-state index in [1.165, 1.54) is 0 Å². The lowest BCUT2D eigenvalue weighted by Crippen LogP contribution is -2.48. The molecule has 2 fully saturated rings. The van der Waals surface area contributed by atoms with Crippen LogP contribution in [0.5, 0.6) is 0 Å². The molecule has 86 valence electrons. The summed E-state index contributed by atoms with van der Waals surface area (Å²) in [7, 11) is -3.56. The van der Waals surface area contributed by atoms with Crippen LogP contribution in [0.2, 0.25) is 0 Å². The fourth-order valence-electron chi connectivity index (χ4n) is 2.48. The third-order valence-electron chi connectivity index (χ3n) is 3.24. The van der Waals surface area contributed by atoms with Crippen LogP contribution in [0, 0.1) is 0 Å². The zero-order chi connectivity index (χ0) is 11.1. The fraction of sp³-hybridized carbons (Fsp3) is 0.889. The van der Waals surface area contributed by atoms with Crippen LogP contribution in [0.3, 0.4) is 0 Å². The molecule has 5 nitrogen and oxygen atoms in total. The summed E-state index contributed by atoms with van der Waals surface area (Å²) in [5.74, 6) is -0.260. The minimum atomic E-state index is -3.56. The molecule has 15 heavy (non-hydrogen) atoms. The number of carbonyl (C=O) groups is 1. The number of rotatable bonds is 1. The highest BCUT2D eigenvalue weighted by Gasteiger charge is 2.53. The van der Waals surface area contributed by atoms with Gasteiger partial charge in [0.15, 0.2) is 0 Å². The van der Waals surface area contributed by atoms with E-state index in [1.54, 1.807) is 6.92 Å². The van der Waals surface area contributed by atoms with Crippen LogP contribution in [-0.2, 0) is 15.0 Å². The van der Waals surface area contributed by atoms with Crippen LogP contribution in [-0.4, -0.2) is 30.7 Å². The Labute approximate surface area is 90.0 Å². The Balaban J connectivity index is 2.34. The summed E-state index contributed by atoms with van der Waals surface area (Å²) in [5.41, 5.74) is -0.812. The van der Waals surface area contributed by atoms with E-state index in [0.29, 0.717) is 12.8 Å². The number of nitrogens with one attached hydrogen (secondary N) is 1. The summed E-state index contributed by atoms with van der Waals surface area (Å²) >= 11 is 0. The fourth-order valence-corrected chi connectivity index (χ4v) is 4.11. The molecule has 2 rings (SSSR count). The third kappa shape index (κ3) is 1.56. The second kappa shape index (κ2) is 3.45. The monoisotopic (exact) mass is 232 g/mol. The number of nitrogens with zero attached hydrogens (tertiary/aromatic N) is 1. The second-order valence-electron chi connectivity index (χ2n) is 4.22. The number of hydrogen-bond acceptors (Lipinski definition) is 3. The van der Waals surface area contributed by atoms with Gasteiger partial charge in [0, 0.05) is 6.54 Å². The minimum absolute atomic E-state index is 0.218. The maximum absolute atomic E-state index is 12.0. The highest BCUT2D eigenvalue weighted by Crippen LogP contribution is 2.35. The Bertz CT molecular complexity index is 371. The zero-order valence-corrected chi connectivity index (χ0v) is 9.64. The van der Waals surface area contributed by atoms with Crippen molar-refractivity contribution in [3.8, 4) is 0 Å². The molecule has 1 spiro atoms. The molecule has 0 aromatic carbocycles. The van der Waals surface area contributed by atoms with Crippen LogP contribution >= 0.6 is 0 Å². The first kappa shape index (κ1) is 10.9. The molecule has 0 radical (unpaired) electrons. The van der Waals surface area contributed by atoms with Crippen molar-refractivity contribution in [2.75, 3.05) is 6.54 Å². The van der Waals surface area contributed by atoms with Crippen molar-refractivity contribution in [1.29, 1.82) is 0 Å². The van der Waals surface area contributed by atoms with Gasteiger partial charge < -0.3 is 0 Å². The van der Waals surface area contributed by atoms with Gasteiger partial charge in [0.25, 0.3) is 5.91 Å². The highest BCUT2D eigenvalue weighted by atomic mass is 32.2. The molecule has 0 aromatic rings. The maximum Gasteiger partial charge on any atom is 0.304 e. The van der Waals surface area contributed by atoms with Crippen molar-refractivity contribution >= 4 is 16.1 Å². The van der Waals surface area contributed by atoms with Gasteiger partial charge in [0.2, 0.25) is 0 Å². The van der Waals surface area contributed by atoms with Gasteiger partial charge in [-0.15, -0.1) is 0 Å². The van der Waals surface area contributed by atoms with Gasteiger partial charge in [-0.05, 0) is 19.8 Å². The van der Waals surface area contributed by atoms with Gasteiger partial charge in [-0.2, -0.15) is 13.1 Å². The van der Waals surface area contributed by atoms with Crippen LogP contribution in [0.4, 0.5) is 0 Å². The van der Waals surface area contributed by atoms with Crippen molar-refractivity contribution in [1.82, 2.24) is 9.03 Å². The first-order chi connectivity index (χ1) is 7.02. The van der Waals surface area contributed by atoms with Crippen molar-refractivity contribution in [2.45, 2.75) is 44.6 Å². The summed E-state index contributed by atoms with van der Waals surface area (Å²) < 4.78 is 26.8. The first-order valence-electron chi connectivity index (χ1n) is 5.38. The van der Waals surface area contributed by atoms with Gasteiger partial charge in [-0.1, -0.05) is 19.3 Å². The molecule has 1 amide bonds. The van der Waals surface area contributed by atoms with E-state index < -0.39 is 15.7 Å². The molecule has 0 bridgehead atoms. The predicted octanol–water partition coefficient (Wildman–Crippen LogP) is 0.386. The van der Waals surface area contributed by atoms with E-state index in [4.69, 9.17) is 0 Å². The van der Waals surface area contributed by atoms with Gasteiger partial charge >= 0.3 is 10.2 Å². The summed E-state index contributed by atoms with van der Waals surface area (Å²) in [5, 5.41) is 0. The van der Waals surface area contributed by atoms with Crippen LogP contribution in [0.15, 0.2) is 0 Å². The summed E-state index contributed by atoms with van der Waals surface area (Å²) in [6.45, 7) is 1.90. The van der Waals surface area contributed by atoms with E-state index in [0.717, 1.165) is 23.6 Å². The summed E-state index contributed by atoms with van der Waals surface area (Å²) in [4.78, 5) is 12.0. The molecule has 1 N–H and O–H groups in total. The lowest BCUT2D eigenvalue weighted by molar-refractivity contribution is -0.131. The smallest absolute Gasteiger partial charge is 0.272 e. The van der Waals surface area contributed by atoms with E-state index in [9.17, 15) is 13.2 Å². The number of hydrogen-bond donors (Lipinski definition) is 1. The SMILES string of the molecule is CCN1C(=O)C2(CCCCC2)NS1(=O)=O. The van der Waals surface area contributed by atoms with Gasteiger partial charge in [0.05, 0.1) is 0 Å². The molecule has 0 atom stereocenters. The average Bonchev–Trinajstić information content (AvgIpc) is 2.35. The Morgan fingerprint density at radius 2 is 1.93 bits per heavy atom. The first-order valence-corrected chi connectivity index (χ1v) is 6.82. The Kier molecular flexibility index (Phi) is 2.50. The standard InChI is InChI=1S/C9H16N2O3S/c1-2-11-8(12)9(10-15(11,13)14)6-4-3-5-7-9/h10H,2-7H2,1H3. The van der Waals surface area contributed by atoms with Crippen LogP contribution in [0.1, 0.15) is 39.0 Å². The summed E-state index contributed by atoms with van der Waals surface area (Å²) in [6, 6.07) is 0. The van der Waals surface area contributed by atoms with Gasteiger partial charge in [0.1, 0.15) is 5.54 Å². The van der Waals surface area contributed by atoms with E-state index in [2.05, 4.69) is 4.72 Å². The molecule has 0 aromatic heterocycles. The summed E-state index contributed by atoms with van der Waals surface area (Å²) in [6.07, 6.45) is 4.21. The van der Waals surface area contributed by atoms with Crippen LogP contribution in [0.25, 0.3) is 0 Å². The molecular formula is C9H16N2O3S. The number of amides is 1. The average molecular weight is 232 g/mol. The number of likely N-dealkylation sites (N-methyl/N-ethyl adjacent to an activating group) is 1. The molecule has 6 heteroatoms. The van der Waals surface area contributed by atoms with Crippen molar-refractivity contribution in [2.24, 2.45) is 0 Å². The van der Waals surface area contributed by atoms with Gasteiger partial charge in [-0.3, -0.25) is 4.79 Å². The molecule has 1 saturated heterocycles. The second-order valence-corrected chi connectivity index (χ2v) is 5.81. The lowest BCUT2D eigenvalue weighted by atomic mass is 9.82. The minimum Gasteiger partial charge on any atom is -0.272 e. The molecule has 1 aliphatic heterocycles. The topological polar surface area (TPSA) is 66.5 Å². The quantitative estimate of drug-likeness (QED) is 0.711. The van der Waals surface area contributed by atoms with E-state index in [1.807, 2.05) is 0 Å². The molecule has 2 aliphatic rings. The van der Waals surface area contributed by atoms with Crippen LogP contribution < -0.4 is 4.72 Å². The Morgan fingerprint density at radius 1 is 1.33 bits per heavy atom. The molecule has 1 heterocycles. The molecule has 1 aliphatic carbocycles. The van der Waals surface area contributed by atoms with Gasteiger partial charge in [-0.25, -0.2) is 4.31 Å². The Morgan fingerprint density at radius 3 is 2.40 bits per heavy atom. The number of carbonyl (C=O) groups excluding carboxylic acids is 1. The largest absolute Gasteiger partial charge is 0.304 e. The normalized spacial score (nSPS) is 28.6. The molecule has 0 unspecified atom stereocenters.